The fourth-order valence-corrected chi connectivity index (χ4v) is 3.35. The molecule has 0 spiro atoms. The highest BCUT2D eigenvalue weighted by Gasteiger charge is 2.18. The molecule has 0 aromatic heterocycles. The van der Waals surface area contributed by atoms with Crippen LogP contribution < -0.4 is 9.46 Å². The smallest absolute Gasteiger partial charge is 0.240 e. The molecule has 0 saturated carbocycles. The number of nitrogens with one attached hydrogen (secondary N) is 1. The summed E-state index contributed by atoms with van der Waals surface area (Å²) in [5.74, 6) is 0.565. The van der Waals surface area contributed by atoms with E-state index in [1.165, 1.54) is 19.2 Å². The van der Waals surface area contributed by atoms with Crippen LogP contribution in [0.4, 0.5) is 0 Å². The third kappa shape index (κ3) is 5.55. The second kappa shape index (κ2) is 8.70. The lowest BCUT2D eigenvalue weighted by molar-refractivity contribution is -0.130. The SMILES string of the molecule is CCOC(CNS(=O)(=O)c1ccc(OC)c(Br)c1)OCC. The van der Waals surface area contributed by atoms with Crippen LogP contribution >= 0.6 is 15.9 Å². The quantitative estimate of drug-likeness (QED) is 0.663. The van der Waals surface area contributed by atoms with E-state index in [9.17, 15) is 8.42 Å². The van der Waals surface area contributed by atoms with Crippen LogP contribution in [0.3, 0.4) is 0 Å². The van der Waals surface area contributed by atoms with Crippen molar-refractivity contribution in [1.29, 1.82) is 0 Å². The van der Waals surface area contributed by atoms with Crippen molar-refractivity contribution in [3.8, 4) is 5.75 Å². The standard InChI is InChI=1S/C13H20BrNO5S/c1-4-19-13(20-5-2)9-15-21(16,17)10-6-7-12(18-3)11(14)8-10/h6-8,13,15H,4-5,9H2,1-3H3. The van der Waals surface area contributed by atoms with Crippen LogP contribution in [0.25, 0.3) is 0 Å². The molecule has 0 amide bonds. The zero-order valence-electron chi connectivity index (χ0n) is 12.3. The first-order valence-corrected chi connectivity index (χ1v) is 8.78. The van der Waals surface area contributed by atoms with Gasteiger partial charge in [-0.1, -0.05) is 0 Å². The lowest BCUT2D eigenvalue weighted by Crippen LogP contribution is -2.35. The fourth-order valence-electron chi connectivity index (χ4n) is 1.61. The number of hydrogen-bond acceptors (Lipinski definition) is 5. The van der Waals surface area contributed by atoms with Crippen LogP contribution in [-0.2, 0) is 19.5 Å². The van der Waals surface area contributed by atoms with Crippen molar-refractivity contribution in [3.63, 3.8) is 0 Å². The van der Waals surface area contributed by atoms with Crippen molar-refractivity contribution in [3.05, 3.63) is 22.7 Å². The number of ether oxygens (including phenoxy) is 3. The van der Waals surface area contributed by atoms with Crippen LogP contribution in [0, 0.1) is 0 Å². The number of sulfonamides is 1. The van der Waals surface area contributed by atoms with Gasteiger partial charge in [0.2, 0.25) is 10.0 Å². The Kier molecular flexibility index (Phi) is 7.61. The van der Waals surface area contributed by atoms with Gasteiger partial charge < -0.3 is 14.2 Å². The molecule has 0 saturated heterocycles. The molecular weight excluding hydrogens is 362 g/mol. The van der Waals surface area contributed by atoms with E-state index in [-0.39, 0.29) is 11.4 Å². The number of halogens is 1. The molecule has 1 N–H and O–H groups in total. The van der Waals surface area contributed by atoms with Crippen molar-refractivity contribution >= 4 is 26.0 Å². The van der Waals surface area contributed by atoms with Gasteiger partial charge >= 0.3 is 0 Å². The third-order valence-electron chi connectivity index (χ3n) is 2.58. The molecule has 21 heavy (non-hydrogen) atoms. The predicted octanol–water partition coefficient (Wildman–Crippen LogP) is 2.14. The van der Waals surface area contributed by atoms with Crippen molar-refractivity contribution in [1.82, 2.24) is 4.72 Å². The second-order valence-electron chi connectivity index (χ2n) is 3.99. The summed E-state index contributed by atoms with van der Waals surface area (Å²) in [6.07, 6.45) is -0.600. The Labute approximate surface area is 134 Å². The summed E-state index contributed by atoms with van der Waals surface area (Å²) < 4.78 is 43.1. The maximum atomic E-state index is 12.2. The Morgan fingerprint density at radius 2 is 1.86 bits per heavy atom. The fraction of sp³-hybridized carbons (Fsp3) is 0.538. The average Bonchev–Trinajstić information content (AvgIpc) is 2.45. The Morgan fingerprint density at radius 1 is 1.24 bits per heavy atom. The topological polar surface area (TPSA) is 73.9 Å². The zero-order valence-corrected chi connectivity index (χ0v) is 14.7. The number of benzene rings is 1. The van der Waals surface area contributed by atoms with Crippen molar-refractivity contribution < 1.29 is 22.6 Å². The minimum Gasteiger partial charge on any atom is -0.496 e. The van der Waals surface area contributed by atoms with Crippen molar-refractivity contribution in [2.75, 3.05) is 26.9 Å². The van der Waals surface area contributed by atoms with Crippen LogP contribution in [0.15, 0.2) is 27.6 Å². The van der Waals surface area contributed by atoms with Gasteiger partial charge in [0, 0.05) is 13.2 Å². The van der Waals surface area contributed by atoms with Gasteiger partial charge in [0.25, 0.3) is 0 Å². The predicted molar refractivity (Wildman–Crippen MR) is 82.9 cm³/mol. The summed E-state index contributed by atoms with van der Waals surface area (Å²) in [7, 11) is -2.12. The second-order valence-corrected chi connectivity index (χ2v) is 6.61. The Morgan fingerprint density at radius 3 is 2.33 bits per heavy atom. The van der Waals surface area contributed by atoms with Gasteiger partial charge in [0.05, 0.1) is 23.0 Å². The Hall–Kier alpha value is -0.670. The van der Waals surface area contributed by atoms with Gasteiger partial charge in [-0.05, 0) is 48.0 Å². The summed E-state index contributed by atoms with van der Waals surface area (Å²) in [4.78, 5) is 0.141. The summed E-state index contributed by atoms with van der Waals surface area (Å²) >= 11 is 3.26. The lowest BCUT2D eigenvalue weighted by Gasteiger charge is -2.17. The summed E-state index contributed by atoms with van der Waals surface area (Å²) in [5, 5.41) is 0. The van der Waals surface area contributed by atoms with E-state index < -0.39 is 16.3 Å². The molecule has 120 valence electrons. The van der Waals surface area contributed by atoms with E-state index in [4.69, 9.17) is 14.2 Å². The monoisotopic (exact) mass is 381 g/mol. The highest BCUT2D eigenvalue weighted by atomic mass is 79.9. The number of hydrogen-bond donors (Lipinski definition) is 1. The van der Waals surface area contributed by atoms with Gasteiger partial charge in [-0.15, -0.1) is 0 Å². The summed E-state index contributed by atoms with van der Waals surface area (Å²) in [6, 6.07) is 4.54. The lowest BCUT2D eigenvalue weighted by atomic mass is 10.3. The normalized spacial score (nSPS) is 11.9. The van der Waals surface area contributed by atoms with E-state index in [0.29, 0.717) is 23.4 Å². The molecule has 6 nitrogen and oxygen atoms in total. The largest absolute Gasteiger partial charge is 0.496 e. The molecule has 1 aromatic carbocycles. The van der Waals surface area contributed by atoms with Crippen LogP contribution in [0.1, 0.15) is 13.8 Å². The molecule has 1 rings (SSSR count). The molecule has 0 fully saturated rings. The highest BCUT2D eigenvalue weighted by molar-refractivity contribution is 9.10. The molecule has 0 aliphatic carbocycles. The van der Waals surface area contributed by atoms with E-state index in [2.05, 4.69) is 20.7 Å². The molecule has 0 bridgehead atoms. The Bertz CT molecular complexity index is 543. The Balaban J connectivity index is 2.79. The molecule has 0 unspecified atom stereocenters. The maximum absolute atomic E-state index is 12.2. The molecule has 0 aliphatic heterocycles. The summed E-state index contributed by atoms with van der Waals surface area (Å²) in [6.45, 7) is 4.58. The first kappa shape index (κ1) is 18.4. The maximum Gasteiger partial charge on any atom is 0.240 e. The molecular formula is C13H20BrNO5S. The van der Waals surface area contributed by atoms with Gasteiger partial charge in [0.15, 0.2) is 6.29 Å². The number of methoxy groups -OCH3 is 1. The van der Waals surface area contributed by atoms with E-state index in [0.717, 1.165) is 0 Å². The average molecular weight is 382 g/mol. The van der Waals surface area contributed by atoms with Crippen LogP contribution in [-0.4, -0.2) is 41.6 Å². The van der Waals surface area contributed by atoms with Crippen LogP contribution in [0.2, 0.25) is 0 Å². The molecule has 8 heteroatoms. The first-order valence-electron chi connectivity index (χ1n) is 6.51. The molecule has 0 heterocycles. The van der Waals surface area contributed by atoms with E-state index in [1.807, 2.05) is 13.8 Å². The van der Waals surface area contributed by atoms with Crippen LogP contribution in [0.5, 0.6) is 5.75 Å². The highest BCUT2D eigenvalue weighted by Crippen LogP contribution is 2.27. The zero-order chi connectivity index (χ0) is 15.9. The minimum absolute atomic E-state index is 0.0493. The van der Waals surface area contributed by atoms with Gasteiger partial charge in [-0.2, -0.15) is 0 Å². The number of rotatable bonds is 9. The third-order valence-corrected chi connectivity index (χ3v) is 4.62. The van der Waals surface area contributed by atoms with Gasteiger partial charge in [-0.3, -0.25) is 0 Å². The summed E-state index contributed by atoms with van der Waals surface area (Å²) in [5.41, 5.74) is 0. The van der Waals surface area contributed by atoms with E-state index >= 15 is 0 Å². The first-order chi connectivity index (χ1) is 9.94. The minimum atomic E-state index is -3.64. The molecule has 1 aromatic rings. The molecule has 0 aliphatic rings. The molecule has 0 radical (unpaired) electrons. The van der Waals surface area contributed by atoms with Gasteiger partial charge in [-0.25, -0.2) is 13.1 Å². The van der Waals surface area contributed by atoms with E-state index in [1.54, 1.807) is 6.07 Å². The molecule has 0 atom stereocenters. The van der Waals surface area contributed by atoms with Crippen molar-refractivity contribution in [2.24, 2.45) is 0 Å². The van der Waals surface area contributed by atoms with Gasteiger partial charge in [0.1, 0.15) is 5.75 Å². The van der Waals surface area contributed by atoms with Crippen molar-refractivity contribution in [2.45, 2.75) is 25.0 Å².